The lowest BCUT2D eigenvalue weighted by Crippen LogP contribution is -1.93. The molecule has 0 saturated carbocycles. The molecule has 0 atom stereocenters. The molecule has 0 saturated heterocycles. The molecule has 2 N–H and O–H groups in total. The number of unbranched alkanes of at least 4 members (excludes halogenated alkanes) is 22. The van der Waals surface area contributed by atoms with Crippen LogP contribution in [0.4, 0.5) is 0 Å². The summed E-state index contributed by atoms with van der Waals surface area (Å²) in [6.07, 6.45) is 32.9. The van der Waals surface area contributed by atoms with Crippen molar-refractivity contribution in [1.82, 2.24) is 0 Å². The van der Waals surface area contributed by atoms with Crippen LogP contribution in [0.1, 0.15) is 201 Å². The van der Waals surface area contributed by atoms with Crippen LogP contribution < -0.4 is 0 Å². The van der Waals surface area contributed by atoms with Crippen LogP contribution in [0.3, 0.4) is 0 Å². The maximum atomic E-state index is 10.2. The van der Waals surface area contributed by atoms with E-state index in [1.165, 1.54) is 135 Å². The fourth-order valence-electron chi connectivity index (χ4n) is 4.20. The van der Waals surface area contributed by atoms with E-state index < -0.39 is 11.9 Å². The van der Waals surface area contributed by atoms with E-state index in [0.717, 1.165) is 25.7 Å². The summed E-state index contributed by atoms with van der Waals surface area (Å²) >= 11 is 0. The molecule has 0 heterocycles. The maximum absolute atomic E-state index is 10.2. The molecule has 37 heavy (non-hydrogen) atoms. The smallest absolute Gasteiger partial charge is 0.303 e. The number of carboxylic acids is 2. The van der Waals surface area contributed by atoms with E-state index in [0.29, 0.717) is 12.8 Å². The van der Waals surface area contributed by atoms with Crippen LogP contribution in [0.2, 0.25) is 0 Å². The predicted octanol–water partition coefficient (Wildman–Crippen LogP) is 11.7. The van der Waals surface area contributed by atoms with E-state index in [2.05, 4.69) is 27.7 Å². The standard InChI is InChI=1S/2C12H24O2.C9H20/c2*1-2-3-4-5-6-7-8-9-10-11-12(13)14;1-3-5-7-9-8-6-4-2/h2*2-11H2,1H3,(H,13,14);3-9H2,1-2H3. The van der Waals surface area contributed by atoms with Gasteiger partial charge >= 0.3 is 11.9 Å². The molecule has 0 aromatic heterocycles. The van der Waals surface area contributed by atoms with Gasteiger partial charge < -0.3 is 10.2 Å². The first kappa shape index (κ1) is 40.4. The molecule has 224 valence electrons. The van der Waals surface area contributed by atoms with Crippen LogP contribution in [0, 0.1) is 0 Å². The fourth-order valence-corrected chi connectivity index (χ4v) is 4.20. The Bertz CT molecular complexity index is 385. The monoisotopic (exact) mass is 529 g/mol. The topological polar surface area (TPSA) is 74.6 Å². The van der Waals surface area contributed by atoms with Gasteiger partial charge in [-0.1, -0.05) is 175 Å². The molecular weight excluding hydrogens is 460 g/mol. The van der Waals surface area contributed by atoms with Gasteiger partial charge in [0.25, 0.3) is 0 Å². The molecule has 4 heteroatoms. The predicted molar refractivity (Wildman–Crippen MR) is 163 cm³/mol. The molecule has 0 rings (SSSR count). The van der Waals surface area contributed by atoms with Crippen molar-refractivity contribution in [3.63, 3.8) is 0 Å². The zero-order chi connectivity index (χ0) is 28.2. The van der Waals surface area contributed by atoms with Gasteiger partial charge in [-0.2, -0.15) is 0 Å². The minimum Gasteiger partial charge on any atom is -0.481 e. The number of carboxylic acid groups (broad SMARTS) is 2. The SMILES string of the molecule is CCCCCCCCC.CCCCCCCCCCCC(=O)O.CCCCCCCCCCCC(=O)O. The van der Waals surface area contributed by atoms with Gasteiger partial charge in [-0.15, -0.1) is 0 Å². The number of carbonyl (C=O) groups is 2. The minimum absolute atomic E-state index is 0.343. The highest BCUT2D eigenvalue weighted by atomic mass is 16.4. The Morgan fingerprint density at radius 2 is 0.486 bits per heavy atom. The summed E-state index contributed by atoms with van der Waals surface area (Å²) in [4.78, 5) is 20.4. The summed E-state index contributed by atoms with van der Waals surface area (Å²) in [5.74, 6) is -1.32. The minimum atomic E-state index is -0.659. The van der Waals surface area contributed by atoms with Gasteiger partial charge in [-0.25, -0.2) is 0 Å². The molecule has 0 spiro atoms. The average Bonchev–Trinajstić information content (AvgIpc) is 2.87. The van der Waals surface area contributed by atoms with Crippen molar-refractivity contribution in [2.45, 2.75) is 201 Å². The normalized spacial score (nSPS) is 10.3. The van der Waals surface area contributed by atoms with Crippen LogP contribution in [-0.2, 0) is 9.59 Å². The van der Waals surface area contributed by atoms with Crippen molar-refractivity contribution in [3.05, 3.63) is 0 Å². The van der Waals surface area contributed by atoms with E-state index in [-0.39, 0.29) is 0 Å². The van der Waals surface area contributed by atoms with Gasteiger partial charge in [-0.3, -0.25) is 9.59 Å². The van der Waals surface area contributed by atoms with Gasteiger partial charge in [0.15, 0.2) is 0 Å². The summed E-state index contributed by atoms with van der Waals surface area (Å²) in [6.45, 7) is 8.98. The second-order valence-electron chi connectivity index (χ2n) is 10.7. The molecule has 0 aliphatic rings. The van der Waals surface area contributed by atoms with Gasteiger partial charge in [0.1, 0.15) is 0 Å². The summed E-state index contributed by atoms with van der Waals surface area (Å²) in [5.41, 5.74) is 0. The molecular formula is C33H68O4. The quantitative estimate of drug-likeness (QED) is 0.109. The Morgan fingerprint density at radius 1 is 0.324 bits per heavy atom. The summed E-state index contributed by atoms with van der Waals surface area (Å²) in [7, 11) is 0. The van der Waals surface area contributed by atoms with E-state index in [4.69, 9.17) is 10.2 Å². The van der Waals surface area contributed by atoms with Crippen molar-refractivity contribution in [3.8, 4) is 0 Å². The molecule has 0 amide bonds. The third kappa shape index (κ3) is 52.2. The van der Waals surface area contributed by atoms with Crippen LogP contribution >= 0.6 is 0 Å². The Balaban J connectivity index is -0.000000481. The first-order chi connectivity index (χ1) is 18.0. The third-order valence-electron chi connectivity index (χ3n) is 6.70. The lowest BCUT2D eigenvalue weighted by molar-refractivity contribution is -0.138. The van der Waals surface area contributed by atoms with Crippen molar-refractivity contribution in [2.75, 3.05) is 0 Å². The molecule has 0 fully saturated rings. The highest BCUT2D eigenvalue weighted by molar-refractivity contribution is 5.66. The first-order valence-corrected chi connectivity index (χ1v) is 16.4. The Hall–Kier alpha value is -1.06. The zero-order valence-electron chi connectivity index (χ0n) is 25.8. The van der Waals surface area contributed by atoms with Gasteiger partial charge in [-0.05, 0) is 12.8 Å². The number of hydrogen-bond donors (Lipinski definition) is 2. The van der Waals surface area contributed by atoms with E-state index in [1.807, 2.05) is 0 Å². The number of aliphatic carboxylic acids is 2. The van der Waals surface area contributed by atoms with Gasteiger partial charge in [0.05, 0.1) is 0 Å². The highest BCUT2D eigenvalue weighted by Gasteiger charge is 1.97. The third-order valence-corrected chi connectivity index (χ3v) is 6.70. The Kier molecular flexibility index (Phi) is 43.1. The van der Waals surface area contributed by atoms with Crippen molar-refractivity contribution >= 4 is 11.9 Å². The molecule has 0 aliphatic carbocycles. The zero-order valence-corrected chi connectivity index (χ0v) is 25.8. The molecule has 0 unspecified atom stereocenters. The van der Waals surface area contributed by atoms with E-state index in [1.54, 1.807) is 0 Å². The van der Waals surface area contributed by atoms with E-state index >= 15 is 0 Å². The van der Waals surface area contributed by atoms with Crippen LogP contribution in [0.25, 0.3) is 0 Å². The summed E-state index contributed by atoms with van der Waals surface area (Å²) < 4.78 is 0. The largest absolute Gasteiger partial charge is 0.481 e. The molecule has 0 aliphatic heterocycles. The van der Waals surface area contributed by atoms with Gasteiger partial charge in [0, 0.05) is 12.8 Å². The molecule has 0 radical (unpaired) electrons. The second kappa shape index (κ2) is 39.5. The molecule has 4 nitrogen and oxygen atoms in total. The van der Waals surface area contributed by atoms with E-state index in [9.17, 15) is 9.59 Å². The fraction of sp³-hybridized carbons (Fsp3) is 0.939. The lowest BCUT2D eigenvalue weighted by atomic mass is 10.1. The summed E-state index contributed by atoms with van der Waals surface area (Å²) in [5, 5.41) is 16.8. The van der Waals surface area contributed by atoms with Crippen LogP contribution in [0.5, 0.6) is 0 Å². The Morgan fingerprint density at radius 3 is 0.649 bits per heavy atom. The number of rotatable bonds is 26. The van der Waals surface area contributed by atoms with Crippen LogP contribution in [-0.4, -0.2) is 22.2 Å². The Labute approximate surface area is 232 Å². The molecule has 0 bridgehead atoms. The first-order valence-electron chi connectivity index (χ1n) is 16.4. The average molecular weight is 529 g/mol. The summed E-state index contributed by atoms with van der Waals surface area (Å²) in [6, 6.07) is 0. The lowest BCUT2D eigenvalue weighted by Gasteiger charge is -2.00. The maximum Gasteiger partial charge on any atom is 0.303 e. The number of hydrogen-bond acceptors (Lipinski definition) is 2. The van der Waals surface area contributed by atoms with Crippen LogP contribution in [0.15, 0.2) is 0 Å². The molecule has 0 aromatic carbocycles. The second-order valence-corrected chi connectivity index (χ2v) is 10.7. The van der Waals surface area contributed by atoms with Crippen molar-refractivity contribution < 1.29 is 19.8 Å². The van der Waals surface area contributed by atoms with Crippen molar-refractivity contribution in [2.24, 2.45) is 0 Å². The molecule has 0 aromatic rings. The highest BCUT2D eigenvalue weighted by Crippen LogP contribution is 2.11. The van der Waals surface area contributed by atoms with Gasteiger partial charge in [0.2, 0.25) is 0 Å². The van der Waals surface area contributed by atoms with Crippen molar-refractivity contribution in [1.29, 1.82) is 0 Å².